The Balaban J connectivity index is 1.47. The van der Waals surface area contributed by atoms with Gasteiger partial charge in [0, 0.05) is 12.2 Å². The van der Waals surface area contributed by atoms with Gasteiger partial charge < -0.3 is 19.9 Å². The van der Waals surface area contributed by atoms with Gasteiger partial charge in [0.25, 0.3) is 0 Å². The third-order valence-corrected chi connectivity index (χ3v) is 7.37. The van der Waals surface area contributed by atoms with E-state index < -0.39 is 10.0 Å². The van der Waals surface area contributed by atoms with Crippen molar-refractivity contribution < 1.29 is 13.2 Å². The summed E-state index contributed by atoms with van der Waals surface area (Å²) in [5.41, 5.74) is 1.70. The van der Waals surface area contributed by atoms with Crippen LogP contribution < -0.4 is 14.8 Å². The van der Waals surface area contributed by atoms with Gasteiger partial charge >= 0.3 is 0 Å². The zero-order valence-corrected chi connectivity index (χ0v) is 20.6. The average Bonchev–Trinajstić information content (AvgIpc) is 3.30. The van der Waals surface area contributed by atoms with Crippen molar-refractivity contribution in [2.45, 2.75) is 43.4 Å². The quantitative estimate of drug-likeness (QED) is 0.352. The maximum atomic E-state index is 12.7. The number of benzene rings is 1. The monoisotopic (exact) mass is 487 g/mol. The molecular weight excluding hydrogens is 454 g/mol. The summed E-state index contributed by atoms with van der Waals surface area (Å²) in [6.45, 7) is 1.79. The molecule has 1 fully saturated rings. The molecule has 1 saturated carbocycles. The van der Waals surface area contributed by atoms with Crippen molar-refractivity contribution in [3.8, 4) is 5.88 Å². The summed E-state index contributed by atoms with van der Waals surface area (Å²) in [4.78, 5) is 18.5. The first-order valence-electron chi connectivity index (χ1n) is 11.8. The molecule has 0 unspecified atom stereocenters. The number of H-pyrrole nitrogens is 1. The Kier molecular flexibility index (Phi) is 7.96. The van der Waals surface area contributed by atoms with Gasteiger partial charge in [0.15, 0.2) is 5.65 Å². The van der Waals surface area contributed by atoms with Crippen LogP contribution in [0.3, 0.4) is 0 Å². The van der Waals surface area contributed by atoms with Crippen molar-refractivity contribution in [2.24, 2.45) is 5.92 Å². The molecule has 1 aliphatic rings. The molecule has 34 heavy (non-hydrogen) atoms. The van der Waals surface area contributed by atoms with Gasteiger partial charge in [-0.2, -0.15) is 9.97 Å². The Hall–Kier alpha value is -2.76. The zero-order valence-electron chi connectivity index (χ0n) is 19.7. The molecule has 0 amide bonds. The highest BCUT2D eigenvalue weighted by atomic mass is 32.2. The van der Waals surface area contributed by atoms with Gasteiger partial charge in [0.1, 0.15) is 5.52 Å². The molecule has 0 bridgehead atoms. The van der Waals surface area contributed by atoms with Crippen molar-refractivity contribution in [2.75, 3.05) is 39.1 Å². The number of ether oxygens (including phenoxy) is 1. The number of nitrogens with one attached hydrogen (secondary N) is 3. The van der Waals surface area contributed by atoms with Gasteiger partial charge in [0.2, 0.25) is 21.9 Å². The summed E-state index contributed by atoms with van der Waals surface area (Å²) >= 11 is 0. The molecule has 2 heterocycles. The van der Waals surface area contributed by atoms with Crippen LogP contribution in [0.2, 0.25) is 0 Å². The van der Waals surface area contributed by atoms with Gasteiger partial charge in [-0.3, -0.25) is 0 Å². The first-order valence-corrected chi connectivity index (χ1v) is 13.2. The minimum atomic E-state index is -3.62. The van der Waals surface area contributed by atoms with Crippen LogP contribution >= 0.6 is 0 Å². The lowest BCUT2D eigenvalue weighted by Crippen LogP contribution is -2.27. The fourth-order valence-electron chi connectivity index (χ4n) is 4.07. The highest BCUT2D eigenvalue weighted by molar-refractivity contribution is 7.89. The Bertz CT molecular complexity index is 1190. The molecule has 11 heteroatoms. The highest BCUT2D eigenvalue weighted by Gasteiger charge is 2.18. The van der Waals surface area contributed by atoms with E-state index in [1.807, 2.05) is 19.0 Å². The summed E-state index contributed by atoms with van der Waals surface area (Å²) < 4.78 is 34.1. The second-order valence-corrected chi connectivity index (χ2v) is 10.7. The molecule has 184 valence electrons. The van der Waals surface area contributed by atoms with E-state index in [9.17, 15) is 8.42 Å². The molecule has 0 spiro atoms. The third-order valence-electron chi connectivity index (χ3n) is 5.91. The molecule has 0 saturated heterocycles. The fourth-order valence-corrected chi connectivity index (χ4v) is 5.19. The van der Waals surface area contributed by atoms with Crippen molar-refractivity contribution >= 4 is 32.8 Å². The minimum absolute atomic E-state index is 0.178. The first-order chi connectivity index (χ1) is 16.4. The lowest BCUT2D eigenvalue weighted by atomic mass is 9.90. The van der Waals surface area contributed by atoms with Crippen LogP contribution in [-0.4, -0.2) is 67.0 Å². The Morgan fingerprint density at radius 3 is 2.79 bits per heavy atom. The van der Waals surface area contributed by atoms with Crippen LogP contribution in [0.5, 0.6) is 5.88 Å². The Morgan fingerprint density at radius 2 is 2.00 bits per heavy atom. The fraction of sp³-hybridized carbons (Fsp3) is 0.522. The number of nitrogens with zero attached hydrogens (tertiary/aromatic N) is 4. The molecule has 0 radical (unpaired) electrons. The molecular formula is C23H33N7O3S. The average molecular weight is 488 g/mol. The van der Waals surface area contributed by atoms with Gasteiger partial charge in [-0.1, -0.05) is 25.3 Å². The molecule has 3 aromatic rings. The number of anilines is 2. The van der Waals surface area contributed by atoms with E-state index >= 15 is 0 Å². The number of hydrogen-bond donors (Lipinski definition) is 3. The normalized spacial score (nSPS) is 15.1. The van der Waals surface area contributed by atoms with E-state index in [0.717, 1.165) is 13.0 Å². The Morgan fingerprint density at radius 1 is 1.18 bits per heavy atom. The van der Waals surface area contributed by atoms with E-state index in [2.05, 4.69) is 30.0 Å². The largest absolute Gasteiger partial charge is 0.476 e. The number of fused-ring (bicyclic) bond motifs is 1. The van der Waals surface area contributed by atoms with Gasteiger partial charge in [-0.05, 0) is 64.0 Å². The summed E-state index contributed by atoms with van der Waals surface area (Å²) in [6.07, 6.45) is 8.42. The number of hydrogen-bond acceptors (Lipinski definition) is 8. The molecule has 4 rings (SSSR count). The topological polar surface area (TPSA) is 125 Å². The van der Waals surface area contributed by atoms with Crippen molar-refractivity contribution in [3.63, 3.8) is 0 Å². The van der Waals surface area contributed by atoms with E-state index in [1.165, 1.54) is 32.1 Å². The van der Waals surface area contributed by atoms with Crippen LogP contribution in [0.1, 0.15) is 38.5 Å². The number of aromatic amines is 1. The molecule has 0 aliphatic heterocycles. The summed E-state index contributed by atoms with van der Waals surface area (Å²) in [5, 5.41) is 3.10. The van der Waals surface area contributed by atoms with Gasteiger partial charge in [-0.15, -0.1) is 0 Å². The number of rotatable bonds is 11. The second kappa shape index (κ2) is 11.1. The summed E-state index contributed by atoms with van der Waals surface area (Å²) in [6, 6.07) is 6.58. The predicted octanol–water partition coefficient (Wildman–Crippen LogP) is 3.29. The Labute approximate surface area is 200 Å². The SMILES string of the molecule is CN(C)CCCNS(=O)(=O)c1cccc(Nc2nc(OCC3CCCCC3)c3[nH]cnc3n2)c1. The maximum Gasteiger partial charge on any atom is 0.245 e. The van der Waals surface area contributed by atoms with Crippen molar-refractivity contribution in [1.82, 2.24) is 29.6 Å². The van der Waals surface area contributed by atoms with E-state index in [1.54, 1.807) is 30.6 Å². The molecule has 2 aromatic heterocycles. The van der Waals surface area contributed by atoms with Crippen LogP contribution in [-0.2, 0) is 10.0 Å². The zero-order chi connectivity index (χ0) is 24.0. The van der Waals surface area contributed by atoms with Gasteiger partial charge in [-0.25, -0.2) is 18.1 Å². The predicted molar refractivity (Wildman–Crippen MR) is 132 cm³/mol. The van der Waals surface area contributed by atoms with Crippen molar-refractivity contribution in [1.29, 1.82) is 0 Å². The van der Waals surface area contributed by atoms with E-state index in [-0.39, 0.29) is 4.90 Å². The van der Waals surface area contributed by atoms with Gasteiger partial charge in [0.05, 0.1) is 17.8 Å². The molecule has 1 aliphatic carbocycles. The molecule has 1 aromatic carbocycles. The number of imidazole rings is 1. The summed E-state index contributed by atoms with van der Waals surface area (Å²) in [5.74, 6) is 1.28. The minimum Gasteiger partial charge on any atom is -0.476 e. The molecule has 3 N–H and O–H groups in total. The van der Waals surface area contributed by atoms with Crippen LogP contribution in [0, 0.1) is 5.92 Å². The lowest BCUT2D eigenvalue weighted by molar-refractivity contribution is 0.205. The van der Waals surface area contributed by atoms with E-state index in [0.29, 0.717) is 47.7 Å². The highest BCUT2D eigenvalue weighted by Crippen LogP contribution is 2.27. The standard InChI is InChI=1S/C23H33N7O3S/c1-30(2)13-7-12-26-34(31,32)19-11-6-10-18(14-19)27-23-28-21-20(24-16-25-21)22(29-23)33-15-17-8-4-3-5-9-17/h6,10-11,14,16-17,26H,3-5,7-9,12-13,15H2,1-2H3,(H2,24,25,27,28,29). The number of sulfonamides is 1. The second-order valence-electron chi connectivity index (χ2n) is 8.98. The molecule has 10 nitrogen and oxygen atoms in total. The van der Waals surface area contributed by atoms with Crippen molar-refractivity contribution in [3.05, 3.63) is 30.6 Å². The van der Waals surface area contributed by atoms with Crippen LogP contribution in [0.25, 0.3) is 11.2 Å². The van der Waals surface area contributed by atoms with Crippen LogP contribution in [0.15, 0.2) is 35.5 Å². The van der Waals surface area contributed by atoms with E-state index in [4.69, 9.17) is 4.74 Å². The molecule has 0 atom stereocenters. The number of aromatic nitrogens is 4. The first kappa shape index (κ1) is 24.4. The maximum absolute atomic E-state index is 12.7. The smallest absolute Gasteiger partial charge is 0.245 e. The van der Waals surface area contributed by atoms with Crippen LogP contribution in [0.4, 0.5) is 11.6 Å². The third kappa shape index (κ3) is 6.43. The summed E-state index contributed by atoms with van der Waals surface area (Å²) in [7, 11) is 0.294. The lowest BCUT2D eigenvalue weighted by Gasteiger charge is -2.21.